The Labute approximate surface area is 107 Å². The molecule has 0 radical (unpaired) electrons. The van der Waals surface area contributed by atoms with Crippen LogP contribution in [0.25, 0.3) is 0 Å². The highest BCUT2D eigenvalue weighted by Gasteiger charge is 2.25. The maximum atomic E-state index is 11.7. The Morgan fingerprint density at radius 2 is 1.72 bits per heavy atom. The molecule has 0 aromatic heterocycles. The zero-order valence-electron chi connectivity index (χ0n) is 10.8. The number of hydrogen-bond donors (Lipinski definition) is 4. The number of aliphatic hydroxyl groups is 1. The molecule has 1 aliphatic rings. The first-order valence-electron chi connectivity index (χ1n) is 6.38. The minimum atomic E-state index is -1.03. The van der Waals surface area contributed by atoms with E-state index in [-0.39, 0.29) is 18.1 Å². The first-order chi connectivity index (χ1) is 8.40. The van der Waals surface area contributed by atoms with Gasteiger partial charge < -0.3 is 20.8 Å². The van der Waals surface area contributed by atoms with Crippen molar-refractivity contribution in [1.82, 2.24) is 10.6 Å². The van der Waals surface area contributed by atoms with E-state index in [9.17, 15) is 14.7 Å². The second kappa shape index (κ2) is 6.58. The minimum Gasteiger partial charge on any atom is -0.480 e. The second-order valence-corrected chi connectivity index (χ2v) is 5.18. The molecule has 2 amide bonds. The summed E-state index contributed by atoms with van der Waals surface area (Å²) in [6.07, 6.45) is 2.55. The third-order valence-electron chi connectivity index (χ3n) is 3.25. The Balaban J connectivity index is 2.38. The standard InChI is InChI=1S/C12H22N2O4/c1-7(2)10(11(16)17)14-12(18)13-8-3-5-9(15)6-4-8/h7-10,15H,3-6H2,1-2H3,(H,16,17)(H2,13,14,18). The summed E-state index contributed by atoms with van der Waals surface area (Å²) in [5.41, 5.74) is 0. The van der Waals surface area contributed by atoms with Crippen molar-refractivity contribution in [3.63, 3.8) is 0 Å². The molecule has 0 aromatic rings. The van der Waals surface area contributed by atoms with Crippen LogP contribution in [0.15, 0.2) is 0 Å². The zero-order chi connectivity index (χ0) is 13.7. The smallest absolute Gasteiger partial charge is 0.326 e. The molecule has 1 rings (SSSR count). The summed E-state index contributed by atoms with van der Waals surface area (Å²) in [6, 6.07) is -1.30. The van der Waals surface area contributed by atoms with Gasteiger partial charge in [-0.2, -0.15) is 0 Å². The Hall–Kier alpha value is -1.30. The van der Waals surface area contributed by atoms with Gasteiger partial charge >= 0.3 is 12.0 Å². The van der Waals surface area contributed by atoms with Crippen molar-refractivity contribution in [2.75, 3.05) is 0 Å². The molecule has 0 heterocycles. The number of carbonyl (C=O) groups excluding carboxylic acids is 1. The van der Waals surface area contributed by atoms with Gasteiger partial charge in [0.1, 0.15) is 6.04 Å². The number of carboxylic acid groups (broad SMARTS) is 1. The predicted octanol–water partition coefficient (Wildman–Crippen LogP) is 0.698. The van der Waals surface area contributed by atoms with Gasteiger partial charge in [-0.3, -0.25) is 0 Å². The van der Waals surface area contributed by atoms with Crippen molar-refractivity contribution in [1.29, 1.82) is 0 Å². The molecule has 104 valence electrons. The quantitative estimate of drug-likeness (QED) is 0.596. The normalized spacial score (nSPS) is 25.6. The van der Waals surface area contributed by atoms with Crippen LogP contribution < -0.4 is 10.6 Å². The van der Waals surface area contributed by atoms with E-state index in [1.165, 1.54) is 0 Å². The fourth-order valence-electron chi connectivity index (χ4n) is 2.10. The number of urea groups is 1. The summed E-state index contributed by atoms with van der Waals surface area (Å²) >= 11 is 0. The monoisotopic (exact) mass is 258 g/mol. The van der Waals surface area contributed by atoms with Gasteiger partial charge in [0.15, 0.2) is 0 Å². The van der Waals surface area contributed by atoms with Gasteiger partial charge in [0.25, 0.3) is 0 Å². The van der Waals surface area contributed by atoms with Gasteiger partial charge in [0, 0.05) is 6.04 Å². The highest BCUT2D eigenvalue weighted by atomic mass is 16.4. The van der Waals surface area contributed by atoms with Gasteiger partial charge in [0.2, 0.25) is 0 Å². The molecule has 6 heteroatoms. The molecule has 0 bridgehead atoms. The number of amides is 2. The van der Waals surface area contributed by atoms with Crippen molar-refractivity contribution < 1.29 is 19.8 Å². The molecule has 18 heavy (non-hydrogen) atoms. The molecule has 1 atom stereocenters. The lowest BCUT2D eigenvalue weighted by molar-refractivity contribution is -0.140. The summed E-state index contributed by atoms with van der Waals surface area (Å²) in [7, 11) is 0. The van der Waals surface area contributed by atoms with Crippen LogP contribution in [0.1, 0.15) is 39.5 Å². The fraction of sp³-hybridized carbons (Fsp3) is 0.833. The maximum Gasteiger partial charge on any atom is 0.326 e. The molecular formula is C12H22N2O4. The van der Waals surface area contributed by atoms with E-state index < -0.39 is 18.0 Å². The number of aliphatic carboxylic acids is 1. The summed E-state index contributed by atoms with van der Waals surface area (Å²) in [4.78, 5) is 22.6. The zero-order valence-corrected chi connectivity index (χ0v) is 10.8. The van der Waals surface area contributed by atoms with E-state index in [4.69, 9.17) is 5.11 Å². The van der Waals surface area contributed by atoms with Crippen LogP contribution in [0.5, 0.6) is 0 Å². The summed E-state index contributed by atoms with van der Waals surface area (Å²) in [5.74, 6) is -1.19. The molecule has 1 unspecified atom stereocenters. The lowest BCUT2D eigenvalue weighted by Gasteiger charge is -2.27. The number of aliphatic hydroxyl groups excluding tert-OH is 1. The predicted molar refractivity (Wildman–Crippen MR) is 66.2 cm³/mol. The molecule has 1 saturated carbocycles. The van der Waals surface area contributed by atoms with Gasteiger partial charge in [-0.15, -0.1) is 0 Å². The van der Waals surface area contributed by atoms with E-state index in [0.29, 0.717) is 12.8 Å². The third-order valence-corrected chi connectivity index (χ3v) is 3.25. The van der Waals surface area contributed by atoms with Gasteiger partial charge in [-0.25, -0.2) is 9.59 Å². The molecular weight excluding hydrogens is 236 g/mol. The first kappa shape index (κ1) is 14.8. The molecule has 1 aliphatic carbocycles. The van der Waals surface area contributed by atoms with Crippen LogP contribution in [0.3, 0.4) is 0 Å². The van der Waals surface area contributed by atoms with Crippen molar-refractivity contribution in [3.8, 4) is 0 Å². The van der Waals surface area contributed by atoms with Crippen molar-refractivity contribution in [2.24, 2.45) is 5.92 Å². The van der Waals surface area contributed by atoms with Gasteiger partial charge in [0.05, 0.1) is 6.10 Å². The van der Waals surface area contributed by atoms with E-state index in [1.807, 2.05) is 0 Å². The van der Waals surface area contributed by atoms with Crippen molar-refractivity contribution in [2.45, 2.75) is 57.7 Å². The molecule has 0 saturated heterocycles. The van der Waals surface area contributed by atoms with Crippen LogP contribution in [0.2, 0.25) is 0 Å². The Morgan fingerprint density at radius 3 is 2.17 bits per heavy atom. The summed E-state index contributed by atoms with van der Waals surface area (Å²) in [6.45, 7) is 3.49. The largest absolute Gasteiger partial charge is 0.480 e. The van der Waals surface area contributed by atoms with E-state index in [1.54, 1.807) is 13.8 Å². The molecule has 4 N–H and O–H groups in total. The second-order valence-electron chi connectivity index (χ2n) is 5.18. The number of nitrogens with one attached hydrogen (secondary N) is 2. The third kappa shape index (κ3) is 4.52. The summed E-state index contributed by atoms with van der Waals surface area (Å²) < 4.78 is 0. The lowest BCUT2D eigenvalue weighted by Crippen LogP contribution is -2.51. The molecule has 0 aliphatic heterocycles. The Kier molecular flexibility index (Phi) is 5.40. The van der Waals surface area contributed by atoms with Crippen LogP contribution >= 0.6 is 0 Å². The fourth-order valence-corrected chi connectivity index (χ4v) is 2.10. The molecule has 6 nitrogen and oxygen atoms in total. The first-order valence-corrected chi connectivity index (χ1v) is 6.38. The SMILES string of the molecule is CC(C)C(NC(=O)NC1CCC(O)CC1)C(=O)O. The molecule has 1 fully saturated rings. The van der Waals surface area contributed by atoms with Crippen LogP contribution in [-0.2, 0) is 4.79 Å². The Bertz CT molecular complexity index is 298. The highest BCUT2D eigenvalue weighted by molar-refractivity contribution is 5.82. The van der Waals surface area contributed by atoms with Gasteiger partial charge in [-0.05, 0) is 31.6 Å². The molecule has 0 aromatic carbocycles. The van der Waals surface area contributed by atoms with Crippen molar-refractivity contribution in [3.05, 3.63) is 0 Å². The van der Waals surface area contributed by atoms with Crippen LogP contribution in [0, 0.1) is 5.92 Å². The van der Waals surface area contributed by atoms with E-state index in [2.05, 4.69) is 10.6 Å². The van der Waals surface area contributed by atoms with Crippen LogP contribution in [-0.4, -0.2) is 40.4 Å². The average molecular weight is 258 g/mol. The van der Waals surface area contributed by atoms with E-state index in [0.717, 1.165) is 12.8 Å². The van der Waals surface area contributed by atoms with Gasteiger partial charge in [-0.1, -0.05) is 13.8 Å². The number of carbonyl (C=O) groups is 2. The van der Waals surface area contributed by atoms with Crippen LogP contribution in [0.4, 0.5) is 4.79 Å². The average Bonchev–Trinajstić information content (AvgIpc) is 2.28. The van der Waals surface area contributed by atoms with Crippen molar-refractivity contribution >= 4 is 12.0 Å². The lowest BCUT2D eigenvalue weighted by atomic mass is 9.93. The van der Waals surface area contributed by atoms with E-state index >= 15 is 0 Å². The molecule has 0 spiro atoms. The summed E-state index contributed by atoms with van der Waals surface area (Å²) in [5, 5.41) is 23.5. The number of carboxylic acids is 1. The number of hydrogen-bond acceptors (Lipinski definition) is 3. The topological polar surface area (TPSA) is 98.7 Å². The number of rotatable bonds is 4. The Morgan fingerprint density at radius 1 is 1.17 bits per heavy atom. The minimum absolute atomic E-state index is 0.0232. The highest BCUT2D eigenvalue weighted by Crippen LogP contribution is 2.18. The maximum absolute atomic E-state index is 11.7.